The topological polar surface area (TPSA) is 142 Å². The van der Waals surface area contributed by atoms with Gasteiger partial charge in [-0.05, 0) is 12.3 Å². The first-order valence-corrected chi connectivity index (χ1v) is 7.56. The molecule has 0 fully saturated rings. The van der Waals surface area contributed by atoms with Crippen LogP contribution in [-0.4, -0.2) is 52.2 Å². The number of primary amides is 1. The van der Waals surface area contributed by atoms with E-state index >= 15 is 0 Å². The Morgan fingerprint density at radius 2 is 1.96 bits per heavy atom. The lowest BCUT2D eigenvalue weighted by Gasteiger charge is -2.31. The van der Waals surface area contributed by atoms with Gasteiger partial charge in [0.2, 0.25) is 17.7 Å². The minimum Gasteiger partial charge on any atom is -0.390 e. The fraction of sp³-hybridized carbons (Fsp3) is 0.667. The maximum atomic E-state index is 12.3. The van der Waals surface area contributed by atoms with Crippen LogP contribution in [0.25, 0.3) is 0 Å². The van der Waals surface area contributed by atoms with Crippen molar-refractivity contribution < 1.29 is 24.6 Å². The molecule has 3 amide bonds. The molecule has 0 aliphatic heterocycles. The van der Waals surface area contributed by atoms with E-state index in [1.807, 2.05) is 13.8 Å². The summed E-state index contributed by atoms with van der Waals surface area (Å²) in [7, 11) is 0. The molecule has 23 heavy (non-hydrogen) atoms. The van der Waals surface area contributed by atoms with Gasteiger partial charge in [-0.25, -0.2) is 0 Å². The minimum absolute atomic E-state index is 0.0732. The van der Waals surface area contributed by atoms with Crippen LogP contribution in [-0.2, 0) is 14.4 Å². The lowest BCUT2D eigenvalue weighted by Crippen LogP contribution is -2.52. The van der Waals surface area contributed by atoms with E-state index in [1.165, 1.54) is 13.0 Å². The Balaban J connectivity index is 2.87. The third-order valence-corrected chi connectivity index (χ3v) is 3.59. The number of amides is 3. The minimum atomic E-state index is -1.20. The third kappa shape index (κ3) is 5.65. The van der Waals surface area contributed by atoms with Gasteiger partial charge in [0, 0.05) is 18.9 Å². The van der Waals surface area contributed by atoms with Crippen LogP contribution in [0.2, 0.25) is 0 Å². The summed E-state index contributed by atoms with van der Waals surface area (Å²) in [6, 6.07) is -1.68. The third-order valence-electron chi connectivity index (χ3n) is 3.59. The molecule has 0 saturated carbocycles. The molecular formula is C15H25N3O5. The van der Waals surface area contributed by atoms with Crippen LogP contribution in [0.1, 0.15) is 33.6 Å². The van der Waals surface area contributed by atoms with Crippen molar-refractivity contribution >= 4 is 17.7 Å². The Morgan fingerprint density at radius 3 is 2.43 bits per heavy atom. The standard InChI is InChI=1S/C15H25N3O5/c1-7(2)4-11(14(16)22)18-15(23)9-5-10(17-8(3)19)13(21)12(20)6-9/h5,7,10-13,20-21H,4,6H2,1-3H3,(H2,16,22)(H,17,19)(H,18,23). The summed E-state index contributed by atoms with van der Waals surface area (Å²) in [6.07, 6.45) is -0.667. The van der Waals surface area contributed by atoms with Gasteiger partial charge in [-0.1, -0.05) is 19.9 Å². The highest BCUT2D eigenvalue weighted by Crippen LogP contribution is 2.20. The molecule has 1 aliphatic rings. The molecule has 0 heterocycles. The van der Waals surface area contributed by atoms with Crippen molar-refractivity contribution in [3.63, 3.8) is 0 Å². The summed E-state index contributed by atoms with van der Waals surface area (Å²) in [4.78, 5) is 34.8. The largest absolute Gasteiger partial charge is 0.390 e. The summed E-state index contributed by atoms with van der Waals surface area (Å²) in [6.45, 7) is 5.07. The van der Waals surface area contributed by atoms with E-state index in [2.05, 4.69) is 10.6 Å². The molecule has 8 nitrogen and oxygen atoms in total. The van der Waals surface area contributed by atoms with E-state index in [4.69, 9.17) is 5.73 Å². The molecule has 4 unspecified atom stereocenters. The van der Waals surface area contributed by atoms with Crippen LogP contribution in [0.5, 0.6) is 0 Å². The van der Waals surface area contributed by atoms with E-state index in [9.17, 15) is 24.6 Å². The Labute approximate surface area is 135 Å². The quantitative estimate of drug-likeness (QED) is 0.406. The summed E-state index contributed by atoms with van der Waals surface area (Å²) >= 11 is 0. The Bertz CT molecular complexity index is 503. The normalized spacial score (nSPS) is 25.5. The van der Waals surface area contributed by atoms with E-state index in [-0.39, 0.29) is 17.9 Å². The number of nitrogens with one attached hydrogen (secondary N) is 2. The first-order valence-electron chi connectivity index (χ1n) is 7.56. The number of carbonyl (C=O) groups is 3. The molecule has 0 aromatic carbocycles. The number of rotatable bonds is 6. The lowest BCUT2D eigenvalue weighted by molar-refractivity contribution is -0.126. The molecule has 130 valence electrons. The van der Waals surface area contributed by atoms with Gasteiger partial charge in [0.1, 0.15) is 12.1 Å². The van der Waals surface area contributed by atoms with E-state index in [0.29, 0.717) is 6.42 Å². The second kappa shape index (κ2) is 8.07. The van der Waals surface area contributed by atoms with Gasteiger partial charge in [0.05, 0.1) is 12.1 Å². The van der Waals surface area contributed by atoms with Crippen molar-refractivity contribution in [2.75, 3.05) is 0 Å². The molecule has 4 atom stereocenters. The summed E-state index contributed by atoms with van der Waals surface area (Å²) < 4.78 is 0. The van der Waals surface area contributed by atoms with Gasteiger partial charge < -0.3 is 26.6 Å². The highest BCUT2D eigenvalue weighted by Gasteiger charge is 2.34. The first-order chi connectivity index (χ1) is 10.6. The van der Waals surface area contributed by atoms with Gasteiger partial charge in [-0.3, -0.25) is 14.4 Å². The molecule has 0 aromatic rings. The molecule has 0 aromatic heterocycles. The smallest absolute Gasteiger partial charge is 0.247 e. The van der Waals surface area contributed by atoms with Crippen molar-refractivity contribution in [3.8, 4) is 0 Å². The van der Waals surface area contributed by atoms with Gasteiger partial charge in [0.25, 0.3) is 0 Å². The van der Waals surface area contributed by atoms with Gasteiger partial charge >= 0.3 is 0 Å². The zero-order valence-electron chi connectivity index (χ0n) is 13.6. The zero-order chi connectivity index (χ0) is 17.7. The molecule has 1 rings (SSSR count). The number of carbonyl (C=O) groups excluding carboxylic acids is 3. The summed E-state index contributed by atoms with van der Waals surface area (Å²) in [5, 5.41) is 24.7. The number of aliphatic hydroxyl groups is 2. The predicted molar refractivity (Wildman–Crippen MR) is 82.9 cm³/mol. The van der Waals surface area contributed by atoms with Crippen LogP contribution in [0.4, 0.5) is 0 Å². The van der Waals surface area contributed by atoms with Gasteiger partial charge in [0.15, 0.2) is 0 Å². The first kappa shape index (κ1) is 19.1. The highest BCUT2D eigenvalue weighted by molar-refractivity contribution is 5.97. The predicted octanol–water partition coefficient (Wildman–Crippen LogP) is -1.44. The SMILES string of the molecule is CC(=O)NC1C=C(C(=O)NC(CC(C)C)C(N)=O)CC(O)C1O. The summed E-state index contributed by atoms with van der Waals surface area (Å²) in [5.41, 5.74) is 5.48. The van der Waals surface area contributed by atoms with Crippen LogP contribution >= 0.6 is 0 Å². The Morgan fingerprint density at radius 1 is 1.35 bits per heavy atom. The molecular weight excluding hydrogens is 302 g/mol. The molecule has 0 radical (unpaired) electrons. The molecule has 0 saturated heterocycles. The van der Waals surface area contributed by atoms with Crippen molar-refractivity contribution in [2.45, 2.75) is 57.9 Å². The molecule has 1 aliphatic carbocycles. The average molecular weight is 327 g/mol. The molecule has 8 heteroatoms. The average Bonchev–Trinajstić information content (AvgIpc) is 2.41. The Hall–Kier alpha value is -1.93. The Kier molecular flexibility index (Phi) is 6.71. The second-order valence-electron chi connectivity index (χ2n) is 6.24. The van der Waals surface area contributed by atoms with Crippen LogP contribution in [0.15, 0.2) is 11.6 Å². The van der Waals surface area contributed by atoms with Gasteiger partial charge in [-0.2, -0.15) is 0 Å². The fourth-order valence-corrected chi connectivity index (χ4v) is 2.47. The van der Waals surface area contributed by atoms with Gasteiger partial charge in [-0.15, -0.1) is 0 Å². The van der Waals surface area contributed by atoms with Crippen molar-refractivity contribution in [1.29, 1.82) is 0 Å². The maximum absolute atomic E-state index is 12.3. The van der Waals surface area contributed by atoms with Crippen LogP contribution in [0.3, 0.4) is 0 Å². The van der Waals surface area contributed by atoms with Crippen molar-refractivity contribution in [2.24, 2.45) is 11.7 Å². The van der Waals surface area contributed by atoms with Crippen LogP contribution < -0.4 is 16.4 Å². The molecule has 0 spiro atoms. The molecule has 0 bridgehead atoms. The monoisotopic (exact) mass is 327 g/mol. The number of hydrogen-bond donors (Lipinski definition) is 5. The van der Waals surface area contributed by atoms with E-state index in [1.54, 1.807) is 0 Å². The van der Waals surface area contributed by atoms with E-state index < -0.39 is 42.0 Å². The van der Waals surface area contributed by atoms with Crippen molar-refractivity contribution in [1.82, 2.24) is 10.6 Å². The highest BCUT2D eigenvalue weighted by atomic mass is 16.3. The van der Waals surface area contributed by atoms with Crippen molar-refractivity contribution in [3.05, 3.63) is 11.6 Å². The number of aliphatic hydroxyl groups excluding tert-OH is 2. The van der Waals surface area contributed by atoms with E-state index in [0.717, 1.165) is 0 Å². The summed E-state index contributed by atoms with van der Waals surface area (Å²) in [5.74, 6) is -1.42. The lowest BCUT2D eigenvalue weighted by atomic mass is 9.89. The maximum Gasteiger partial charge on any atom is 0.247 e. The number of nitrogens with two attached hydrogens (primary N) is 1. The molecule has 6 N–H and O–H groups in total. The fourth-order valence-electron chi connectivity index (χ4n) is 2.47. The zero-order valence-corrected chi connectivity index (χ0v) is 13.6. The van der Waals surface area contributed by atoms with Crippen LogP contribution in [0, 0.1) is 5.92 Å². The second-order valence-corrected chi connectivity index (χ2v) is 6.24. The number of hydrogen-bond acceptors (Lipinski definition) is 5.